The van der Waals surface area contributed by atoms with Crippen molar-refractivity contribution in [1.82, 2.24) is 0 Å². The summed E-state index contributed by atoms with van der Waals surface area (Å²) in [6.07, 6.45) is 6.65. The number of rotatable bonds is 5. The quantitative estimate of drug-likeness (QED) is 0.322. The maximum atomic E-state index is 11.7. The average molecular weight is 540 g/mol. The number of hydrogen-bond acceptors (Lipinski definition) is 4. The Hall–Kier alpha value is 0.0600. The first-order valence-corrected chi connectivity index (χ1v) is 14.8. The van der Waals surface area contributed by atoms with Crippen LogP contribution >= 0.6 is 15.9 Å². The molecule has 4 nitrogen and oxygen atoms in total. The van der Waals surface area contributed by atoms with Crippen molar-refractivity contribution in [2.75, 3.05) is 0 Å². The maximum absolute atomic E-state index is 11.7. The van der Waals surface area contributed by atoms with Gasteiger partial charge in [0.1, 0.15) is 0 Å². The number of halogens is 1. The first-order chi connectivity index (χ1) is 15.8. The van der Waals surface area contributed by atoms with Gasteiger partial charge in [-0.05, 0) is 81.5 Å². The Balaban J connectivity index is 1.50. The van der Waals surface area contributed by atoms with Gasteiger partial charge in [0.05, 0.1) is 23.4 Å². The fourth-order valence-corrected chi connectivity index (χ4v) is 11.0. The first-order valence-electron chi connectivity index (χ1n) is 13.9. The molecule has 34 heavy (non-hydrogen) atoms. The van der Waals surface area contributed by atoms with Crippen molar-refractivity contribution in [2.45, 2.75) is 127 Å². The predicted octanol–water partition coefficient (Wildman–Crippen LogP) is 6.23. The molecule has 3 saturated carbocycles. The van der Waals surface area contributed by atoms with Gasteiger partial charge in [-0.2, -0.15) is 0 Å². The Morgan fingerprint density at radius 2 is 1.82 bits per heavy atom. The zero-order valence-electron chi connectivity index (χ0n) is 22.1. The van der Waals surface area contributed by atoms with E-state index in [-0.39, 0.29) is 51.6 Å². The van der Waals surface area contributed by atoms with E-state index in [1.165, 1.54) is 5.57 Å². The van der Waals surface area contributed by atoms with E-state index in [1.54, 1.807) is 0 Å². The third-order valence-electron chi connectivity index (χ3n) is 11.7. The summed E-state index contributed by atoms with van der Waals surface area (Å²) >= 11 is 4.13. The van der Waals surface area contributed by atoms with Crippen molar-refractivity contribution in [3.8, 4) is 0 Å². The maximum Gasteiger partial charge on any atom is 0.165 e. The lowest BCUT2D eigenvalue weighted by molar-refractivity contribution is -0.250. The van der Waals surface area contributed by atoms with Crippen LogP contribution in [0.4, 0.5) is 0 Å². The van der Waals surface area contributed by atoms with Crippen molar-refractivity contribution in [2.24, 2.45) is 40.4 Å². The predicted molar refractivity (Wildman–Crippen MR) is 139 cm³/mol. The Bertz CT molecular complexity index is 831. The summed E-state index contributed by atoms with van der Waals surface area (Å²) in [5.74, 6) is 1.62. The molecule has 12 atom stereocenters. The summed E-state index contributed by atoms with van der Waals surface area (Å²) in [4.78, 5) is 0.157. The Labute approximate surface area is 215 Å². The number of allylic oxidation sites excluding steroid dienone is 1. The Kier molecular flexibility index (Phi) is 6.26. The summed E-state index contributed by atoms with van der Waals surface area (Å²) in [6, 6.07) is 0. The molecule has 2 heterocycles. The van der Waals surface area contributed by atoms with Crippen LogP contribution in [0.2, 0.25) is 0 Å². The summed E-state index contributed by atoms with van der Waals surface area (Å²) in [6.45, 7) is 18.1. The number of alkyl halides is 1. The lowest BCUT2D eigenvalue weighted by Crippen LogP contribution is -2.65. The largest absolute Gasteiger partial charge is 0.393 e. The second-order valence-corrected chi connectivity index (χ2v) is 14.6. The van der Waals surface area contributed by atoms with Gasteiger partial charge in [-0.3, -0.25) is 0 Å². The smallest absolute Gasteiger partial charge is 0.165 e. The van der Waals surface area contributed by atoms with Gasteiger partial charge in [-0.1, -0.05) is 62.7 Å². The van der Waals surface area contributed by atoms with E-state index < -0.39 is 5.60 Å². The third kappa shape index (κ3) is 3.22. The van der Waals surface area contributed by atoms with Crippen molar-refractivity contribution >= 4 is 15.9 Å². The molecule has 5 rings (SSSR count). The van der Waals surface area contributed by atoms with Gasteiger partial charge in [0, 0.05) is 22.1 Å². The van der Waals surface area contributed by atoms with E-state index >= 15 is 0 Å². The van der Waals surface area contributed by atoms with Gasteiger partial charge < -0.3 is 19.7 Å². The molecule has 5 heteroatoms. The summed E-state index contributed by atoms with van der Waals surface area (Å²) in [7, 11) is 0. The first kappa shape index (κ1) is 25.7. The molecule has 12 unspecified atom stereocenters. The van der Waals surface area contributed by atoms with E-state index in [0.717, 1.165) is 51.4 Å². The summed E-state index contributed by atoms with van der Waals surface area (Å²) in [5, 5.41) is 22.2. The van der Waals surface area contributed by atoms with Crippen LogP contribution in [-0.2, 0) is 9.47 Å². The molecule has 3 aliphatic carbocycles. The zero-order chi connectivity index (χ0) is 24.8. The van der Waals surface area contributed by atoms with Crippen LogP contribution in [0.3, 0.4) is 0 Å². The number of aliphatic hydroxyl groups is 2. The molecule has 2 aliphatic heterocycles. The zero-order valence-corrected chi connectivity index (χ0v) is 23.7. The van der Waals surface area contributed by atoms with Crippen LogP contribution in [0, 0.1) is 40.4 Å². The standard InChI is InChI=1S/C29H47BrO4/c1-8-21-26(5)11-10-19(31)13-18(26)14-23(30)29(21)24-20(32)15-22-27(6,12-9-17(4)16(2)3)33-25(34-29)28(22,24)7/h16,18-25,31-32H,4,8-15H2,1-3,5-7H3. The highest BCUT2D eigenvalue weighted by atomic mass is 79.9. The molecule has 2 saturated heterocycles. The normalized spacial score (nSPS) is 56.2. The monoisotopic (exact) mass is 538 g/mol. The highest BCUT2D eigenvalue weighted by Gasteiger charge is 2.81. The molecule has 194 valence electrons. The molecule has 1 spiro atoms. The van der Waals surface area contributed by atoms with Crippen molar-refractivity contribution in [1.29, 1.82) is 0 Å². The van der Waals surface area contributed by atoms with Crippen LogP contribution < -0.4 is 0 Å². The minimum absolute atomic E-state index is 0.0593. The molecule has 0 bridgehead atoms. The lowest BCUT2D eigenvalue weighted by Gasteiger charge is -2.62. The molecule has 5 fully saturated rings. The highest BCUT2D eigenvalue weighted by molar-refractivity contribution is 9.09. The van der Waals surface area contributed by atoms with Crippen LogP contribution in [0.15, 0.2) is 12.2 Å². The fourth-order valence-electron chi connectivity index (χ4n) is 9.80. The average Bonchev–Trinajstić information content (AvgIpc) is 3.27. The molecular formula is C29H47BrO4. The van der Waals surface area contributed by atoms with Crippen LogP contribution in [0.1, 0.15) is 92.9 Å². The minimum Gasteiger partial charge on any atom is -0.393 e. The molecular weight excluding hydrogens is 492 g/mol. The second kappa shape index (κ2) is 8.28. The van der Waals surface area contributed by atoms with Gasteiger partial charge in [-0.25, -0.2) is 0 Å². The molecule has 0 aromatic carbocycles. The van der Waals surface area contributed by atoms with E-state index in [1.807, 2.05) is 0 Å². The SMILES string of the molecule is C=C(CCC1(C)OC2OC3(C(Br)CC4CC(O)CCC4(C)C3CC)C3C(O)CC1C23C)C(C)C. The Morgan fingerprint density at radius 1 is 1.12 bits per heavy atom. The topological polar surface area (TPSA) is 58.9 Å². The second-order valence-electron chi connectivity index (χ2n) is 13.5. The van der Waals surface area contributed by atoms with Crippen molar-refractivity contribution in [3.05, 3.63) is 12.2 Å². The Morgan fingerprint density at radius 3 is 2.47 bits per heavy atom. The molecule has 5 aliphatic rings. The molecule has 0 aromatic heterocycles. The van der Waals surface area contributed by atoms with Gasteiger partial charge in [0.15, 0.2) is 6.29 Å². The van der Waals surface area contributed by atoms with Gasteiger partial charge in [0.2, 0.25) is 0 Å². The van der Waals surface area contributed by atoms with E-state index in [4.69, 9.17) is 9.47 Å². The van der Waals surface area contributed by atoms with E-state index in [0.29, 0.717) is 17.8 Å². The highest BCUT2D eigenvalue weighted by Crippen LogP contribution is 2.75. The van der Waals surface area contributed by atoms with Gasteiger partial charge in [-0.15, -0.1) is 0 Å². The summed E-state index contributed by atoms with van der Waals surface area (Å²) < 4.78 is 14.1. The van der Waals surface area contributed by atoms with Gasteiger partial charge in [0.25, 0.3) is 0 Å². The van der Waals surface area contributed by atoms with Crippen LogP contribution in [-0.4, -0.2) is 44.7 Å². The van der Waals surface area contributed by atoms with Crippen LogP contribution in [0.25, 0.3) is 0 Å². The lowest BCUT2D eigenvalue weighted by atomic mass is 9.47. The third-order valence-corrected chi connectivity index (χ3v) is 12.8. The molecule has 0 amide bonds. The molecule has 0 aromatic rings. The van der Waals surface area contributed by atoms with Gasteiger partial charge >= 0.3 is 0 Å². The number of fused-ring (bicyclic) bond motifs is 2. The van der Waals surface area contributed by atoms with E-state index in [2.05, 4.69) is 64.1 Å². The number of ether oxygens (including phenoxy) is 2. The van der Waals surface area contributed by atoms with Crippen LogP contribution in [0.5, 0.6) is 0 Å². The van der Waals surface area contributed by atoms with Crippen molar-refractivity contribution < 1.29 is 19.7 Å². The number of aliphatic hydroxyl groups excluding tert-OH is 2. The number of hydrogen-bond donors (Lipinski definition) is 2. The minimum atomic E-state index is -0.432. The molecule has 0 radical (unpaired) electrons. The van der Waals surface area contributed by atoms with Crippen molar-refractivity contribution in [3.63, 3.8) is 0 Å². The van der Waals surface area contributed by atoms with E-state index in [9.17, 15) is 10.2 Å². The fraction of sp³-hybridized carbons (Fsp3) is 0.931. The summed E-state index contributed by atoms with van der Waals surface area (Å²) in [5.41, 5.74) is 0.470. The molecule has 2 N–H and O–H groups in total.